The lowest BCUT2D eigenvalue weighted by molar-refractivity contribution is -0.115. The highest BCUT2D eigenvalue weighted by Gasteiger charge is 2.17. The number of fused-ring (bicyclic) bond motifs is 1. The number of halogens is 2. The average Bonchev–Trinajstić information content (AvgIpc) is 3.27. The summed E-state index contributed by atoms with van der Waals surface area (Å²) in [5.74, 6) is -1.55. The molecule has 3 aromatic rings. The van der Waals surface area contributed by atoms with Crippen LogP contribution in [0.15, 0.2) is 60.7 Å². The first kappa shape index (κ1) is 22.2. The summed E-state index contributed by atoms with van der Waals surface area (Å²) in [6, 6.07) is 14.8. The molecule has 0 saturated heterocycles. The van der Waals surface area contributed by atoms with Gasteiger partial charge in [-0.05, 0) is 48.9 Å². The summed E-state index contributed by atoms with van der Waals surface area (Å²) in [5, 5.41) is 8.43. The molecule has 0 saturated carbocycles. The van der Waals surface area contributed by atoms with Crippen LogP contribution < -0.4 is 25.4 Å². The van der Waals surface area contributed by atoms with E-state index >= 15 is 0 Å². The van der Waals surface area contributed by atoms with Crippen LogP contribution in [0.4, 0.5) is 20.2 Å². The van der Waals surface area contributed by atoms with Crippen molar-refractivity contribution in [3.8, 4) is 11.5 Å². The van der Waals surface area contributed by atoms with Crippen molar-refractivity contribution >= 4 is 23.2 Å². The van der Waals surface area contributed by atoms with Crippen molar-refractivity contribution in [2.45, 2.75) is 13.0 Å². The molecule has 0 spiro atoms. The first-order valence-electron chi connectivity index (χ1n) is 10.2. The van der Waals surface area contributed by atoms with Gasteiger partial charge in [-0.25, -0.2) is 8.78 Å². The van der Waals surface area contributed by atoms with Crippen molar-refractivity contribution in [2.75, 3.05) is 24.0 Å². The highest BCUT2D eigenvalue weighted by molar-refractivity contribution is 6.10. The van der Waals surface area contributed by atoms with Gasteiger partial charge in [0.05, 0.1) is 17.8 Å². The maximum atomic E-state index is 13.4. The van der Waals surface area contributed by atoms with Crippen LogP contribution in [0.25, 0.3) is 0 Å². The highest BCUT2D eigenvalue weighted by atomic mass is 19.2. The molecule has 1 aliphatic rings. The molecule has 7 nitrogen and oxygen atoms in total. The van der Waals surface area contributed by atoms with Crippen LogP contribution in [0.5, 0.6) is 11.5 Å². The van der Waals surface area contributed by atoms with Gasteiger partial charge in [0.1, 0.15) is 0 Å². The average molecular weight is 453 g/mol. The molecule has 33 heavy (non-hydrogen) atoms. The Balaban J connectivity index is 1.38. The predicted octanol–water partition coefficient (Wildman–Crippen LogP) is 4.24. The Morgan fingerprint density at radius 3 is 2.55 bits per heavy atom. The van der Waals surface area contributed by atoms with Crippen LogP contribution in [0.3, 0.4) is 0 Å². The normalized spacial score (nSPS) is 12.8. The number of carbonyl (C=O) groups is 2. The molecule has 1 aliphatic heterocycles. The number of amides is 2. The summed E-state index contributed by atoms with van der Waals surface area (Å²) < 4.78 is 37.1. The van der Waals surface area contributed by atoms with Crippen LogP contribution in [0.2, 0.25) is 0 Å². The first-order chi connectivity index (χ1) is 15.9. The predicted molar refractivity (Wildman–Crippen MR) is 118 cm³/mol. The zero-order valence-electron chi connectivity index (χ0n) is 17.7. The zero-order valence-corrected chi connectivity index (χ0v) is 17.7. The summed E-state index contributed by atoms with van der Waals surface area (Å²) in [7, 11) is 0. The van der Waals surface area contributed by atoms with Crippen molar-refractivity contribution in [3.63, 3.8) is 0 Å². The molecule has 3 N–H and O–H groups in total. The Bertz CT molecular complexity index is 1200. The number of ether oxygens (including phenoxy) is 2. The van der Waals surface area contributed by atoms with Crippen molar-refractivity contribution in [1.82, 2.24) is 5.32 Å². The second-order valence-electron chi connectivity index (χ2n) is 7.39. The molecule has 1 heterocycles. The smallest absolute Gasteiger partial charge is 0.257 e. The molecule has 170 valence electrons. The summed E-state index contributed by atoms with van der Waals surface area (Å²) in [4.78, 5) is 25.3. The van der Waals surface area contributed by atoms with Gasteiger partial charge >= 0.3 is 0 Å². The third kappa shape index (κ3) is 5.27. The molecule has 9 heteroatoms. The summed E-state index contributed by atoms with van der Waals surface area (Å²) in [6.45, 7) is 1.76. The fraction of sp³-hybridized carbons (Fsp3) is 0.167. The van der Waals surface area contributed by atoms with Gasteiger partial charge in [-0.15, -0.1) is 0 Å². The van der Waals surface area contributed by atoms with Crippen molar-refractivity contribution in [2.24, 2.45) is 0 Å². The number of anilines is 2. The van der Waals surface area contributed by atoms with Crippen LogP contribution in [-0.2, 0) is 4.79 Å². The molecule has 4 rings (SSSR count). The zero-order chi connectivity index (χ0) is 23.4. The van der Waals surface area contributed by atoms with E-state index in [1.807, 2.05) is 0 Å². The van der Waals surface area contributed by atoms with Crippen molar-refractivity contribution < 1.29 is 27.8 Å². The number of carbonyl (C=O) groups excluding carboxylic acids is 2. The molecule has 0 aliphatic carbocycles. The second kappa shape index (κ2) is 9.66. The molecular weight excluding hydrogens is 432 g/mol. The molecule has 0 unspecified atom stereocenters. The van der Waals surface area contributed by atoms with E-state index in [9.17, 15) is 18.4 Å². The van der Waals surface area contributed by atoms with Gasteiger partial charge in [0.15, 0.2) is 23.1 Å². The Labute approximate surface area is 188 Å². The molecule has 2 amide bonds. The van der Waals surface area contributed by atoms with Crippen molar-refractivity contribution in [1.29, 1.82) is 0 Å². The summed E-state index contributed by atoms with van der Waals surface area (Å²) in [5.41, 5.74) is 1.64. The molecule has 0 bridgehead atoms. The fourth-order valence-electron chi connectivity index (χ4n) is 3.30. The number of benzene rings is 3. The summed E-state index contributed by atoms with van der Waals surface area (Å²) >= 11 is 0. The van der Waals surface area contributed by atoms with Gasteiger partial charge in [0, 0.05) is 17.8 Å². The van der Waals surface area contributed by atoms with E-state index in [4.69, 9.17) is 9.47 Å². The number of hydrogen-bond donors (Lipinski definition) is 3. The Hall–Kier alpha value is -3.98. The van der Waals surface area contributed by atoms with Gasteiger partial charge in [0.25, 0.3) is 5.91 Å². The van der Waals surface area contributed by atoms with E-state index in [1.165, 1.54) is 6.07 Å². The molecule has 1 atom stereocenters. The van der Waals surface area contributed by atoms with Crippen molar-refractivity contribution in [3.05, 3.63) is 83.4 Å². The lowest BCUT2D eigenvalue weighted by atomic mass is 10.1. The molecular formula is C24H21F2N3O4. The van der Waals surface area contributed by atoms with Gasteiger partial charge < -0.3 is 25.4 Å². The quantitative estimate of drug-likeness (QED) is 0.498. The van der Waals surface area contributed by atoms with E-state index in [0.29, 0.717) is 28.4 Å². The van der Waals surface area contributed by atoms with Gasteiger partial charge in [0.2, 0.25) is 12.7 Å². The minimum atomic E-state index is -0.951. The topological polar surface area (TPSA) is 88.7 Å². The minimum Gasteiger partial charge on any atom is -0.454 e. The molecule has 0 aromatic heterocycles. The summed E-state index contributed by atoms with van der Waals surface area (Å²) in [6.07, 6.45) is 0. The SMILES string of the molecule is C[C@H](NCC(=O)Nc1ccccc1C(=O)Nc1ccc2c(c1)OCO2)c1ccc(F)c(F)c1. The Kier molecular flexibility index (Phi) is 6.50. The fourth-order valence-corrected chi connectivity index (χ4v) is 3.30. The van der Waals surface area contributed by atoms with E-state index < -0.39 is 29.5 Å². The maximum Gasteiger partial charge on any atom is 0.257 e. The van der Waals surface area contributed by atoms with Gasteiger partial charge in [-0.3, -0.25) is 9.59 Å². The standard InChI is InChI=1S/C24H21F2N3O4/c1-14(15-6-8-18(25)19(26)10-15)27-12-23(30)29-20-5-3-2-4-17(20)24(31)28-16-7-9-21-22(11-16)33-13-32-21/h2-11,14,27H,12-13H2,1H3,(H,28,31)(H,29,30)/t14-/m0/s1. The molecule has 3 aromatic carbocycles. The van der Waals surface area contributed by atoms with E-state index in [2.05, 4.69) is 16.0 Å². The van der Waals surface area contributed by atoms with E-state index in [1.54, 1.807) is 49.4 Å². The highest BCUT2D eigenvalue weighted by Crippen LogP contribution is 2.34. The van der Waals surface area contributed by atoms with E-state index in [0.717, 1.165) is 12.1 Å². The third-order valence-electron chi connectivity index (χ3n) is 5.09. The van der Waals surface area contributed by atoms with Gasteiger partial charge in [-0.1, -0.05) is 18.2 Å². The molecule has 0 fully saturated rings. The van der Waals surface area contributed by atoms with Gasteiger partial charge in [-0.2, -0.15) is 0 Å². The first-order valence-corrected chi connectivity index (χ1v) is 10.2. The molecule has 0 radical (unpaired) electrons. The van der Waals surface area contributed by atoms with E-state index in [-0.39, 0.29) is 18.9 Å². The van der Waals surface area contributed by atoms with Crippen LogP contribution in [0, 0.1) is 11.6 Å². The number of hydrogen-bond acceptors (Lipinski definition) is 5. The number of para-hydroxylation sites is 1. The Morgan fingerprint density at radius 1 is 0.939 bits per heavy atom. The third-order valence-corrected chi connectivity index (χ3v) is 5.09. The maximum absolute atomic E-state index is 13.4. The second-order valence-corrected chi connectivity index (χ2v) is 7.39. The van der Waals surface area contributed by atoms with Crippen LogP contribution >= 0.6 is 0 Å². The monoisotopic (exact) mass is 453 g/mol. The largest absolute Gasteiger partial charge is 0.454 e. The minimum absolute atomic E-state index is 0.0989. The lowest BCUT2D eigenvalue weighted by Gasteiger charge is -2.15. The van der Waals surface area contributed by atoms with Crippen LogP contribution in [0.1, 0.15) is 28.9 Å². The number of nitrogens with one attached hydrogen (secondary N) is 3. The number of rotatable bonds is 7. The lowest BCUT2D eigenvalue weighted by Crippen LogP contribution is -2.30. The van der Waals surface area contributed by atoms with Crippen LogP contribution in [-0.4, -0.2) is 25.2 Å². The Morgan fingerprint density at radius 2 is 1.73 bits per heavy atom.